The van der Waals surface area contributed by atoms with E-state index < -0.39 is 0 Å². The van der Waals surface area contributed by atoms with Crippen LogP contribution in [0.5, 0.6) is 0 Å². The van der Waals surface area contributed by atoms with Gasteiger partial charge < -0.3 is 5.73 Å². The molecule has 0 aliphatic carbocycles. The highest BCUT2D eigenvalue weighted by Gasteiger charge is 2.30. The topological polar surface area (TPSA) is 29.3 Å². The number of rotatable bonds is 4. The van der Waals surface area contributed by atoms with Gasteiger partial charge in [0.1, 0.15) is 0 Å². The predicted molar refractivity (Wildman–Crippen MR) is 82.4 cm³/mol. The molecular weight excluding hydrogens is 256 g/mol. The zero-order valence-electron chi connectivity index (χ0n) is 12.0. The first-order chi connectivity index (χ1) is 9.15. The molecule has 0 saturated carbocycles. The van der Waals surface area contributed by atoms with Gasteiger partial charge in [0.25, 0.3) is 0 Å². The maximum atomic E-state index is 6.14. The van der Waals surface area contributed by atoms with Crippen LogP contribution in [0.4, 0.5) is 0 Å². The zero-order chi connectivity index (χ0) is 13.8. The third-order valence-corrected chi connectivity index (χ3v) is 4.62. The number of hydrogen-bond donors (Lipinski definition) is 1. The first-order valence-corrected chi connectivity index (χ1v) is 7.74. The van der Waals surface area contributed by atoms with Crippen molar-refractivity contribution in [2.45, 2.75) is 45.2 Å². The van der Waals surface area contributed by atoms with Gasteiger partial charge in [0.15, 0.2) is 0 Å². The number of likely N-dealkylation sites (tertiary alicyclic amines) is 1. The van der Waals surface area contributed by atoms with E-state index in [9.17, 15) is 0 Å². The Labute approximate surface area is 121 Å². The van der Waals surface area contributed by atoms with E-state index in [-0.39, 0.29) is 0 Å². The van der Waals surface area contributed by atoms with Crippen molar-refractivity contribution in [3.05, 3.63) is 34.9 Å². The van der Waals surface area contributed by atoms with E-state index >= 15 is 0 Å². The summed E-state index contributed by atoms with van der Waals surface area (Å²) in [6, 6.07) is 9.39. The third-order valence-electron chi connectivity index (χ3n) is 4.38. The minimum absolute atomic E-state index is 0.461. The fraction of sp³-hybridized carbons (Fsp3) is 0.625. The number of hydrogen-bond acceptors (Lipinski definition) is 2. The molecule has 2 rings (SSSR count). The molecular formula is C16H25ClN2. The fourth-order valence-electron chi connectivity index (χ4n) is 3.21. The summed E-state index contributed by atoms with van der Waals surface area (Å²) in [6.45, 7) is 6.50. The van der Waals surface area contributed by atoms with Crippen LogP contribution in [0.3, 0.4) is 0 Å². The first-order valence-electron chi connectivity index (χ1n) is 7.37. The van der Waals surface area contributed by atoms with Gasteiger partial charge in [-0.25, -0.2) is 0 Å². The summed E-state index contributed by atoms with van der Waals surface area (Å²) >= 11 is 6.14. The number of benzene rings is 1. The lowest BCUT2D eigenvalue weighted by Gasteiger charge is -2.42. The monoisotopic (exact) mass is 280 g/mol. The fourth-order valence-corrected chi connectivity index (χ4v) is 3.41. The molecule has 1 fully saturated rings. The van der Waals surface area contributed by atoms with Crippen molar-refractivity contribution >= 4 is 11.6 Å². The van der Waals surface area contributed by atoms with Crippen molar-refractivity contribution in [1.29, 1.82) is 0 Å². The van der Waals surface area contributed by atoms with Crippen LogP contribution >= 0.6 is 11.6 Å². The maximum Gasteiger partial charge on any atom is 0.0409 e. The quantitative estimate of drug-likeness (QED) is 0.908. The Balaban J connectivity index is 2.20. The molecule has 1 saturated heterocycles. The average molecular weight is 281 g/mol. The molecule has 3 unspecified atom stereocenters. The van der Waals surface area contributed by atoms with Crippen LogP contribution in [-0.2, 0) is 0 Å². The molecule has 0 aromatic heterocycles. The molecule has 0 radical (unpaired) electrons. The lowest BCUT2D eigenvalue weighted by molar-refractivity contribution is 0.0712. The van der Waals surface area contributed by atoms with Crippen LogP contribution in [0.15, 0.2) is 24.3 Å². The summed E-state index contributed by atoms with van der Waals surface area (Å²) in [5.41, 5.74) is 7.20. The van der Waals surface area contributed by atoms with E-state index in [1.807, 2.05) is 6.07 Å². The van der Waals surface area contributed by atoms with Crippen molar-refractivity contribution < 1.29 is 0 Å². The standard InChI is InChI=1S/C16H25ClN2/c1-3-16(14-5-4-6-15(17)9-14)19-11-13(10-18)8-7-12(19)2/h4-6,9,12-13,16H,3,7-8,10-11,18H2,1-2H3. The smallest absolute Gasteiger partial charge is 0.0409 e. The Hall–Kier alpha value is -0.570. The Kier molecular flexibility index (Phi) is 5.26. The first kappa shape index (κ1) is 14.8. The molecule has 1 aromatic rings. The molecule has 1 heterocycles. The third kappa shape index (κ3) is 3.50. The van der Waals surface area contributed by atoms with Crippen LogP contribution in [0.2, 0.25) is 5.02 Å². The van der Waals surface area contributed by atoms with Gasteiger partial charge >= 0.3 is 0 Å². The summed E-state index contributed by atoms with van der Waals surface area (Å²) in [5.74, 6) is 0.643. The number of nitrogens with two attached hydrogens (primary N) is 1. The van der Waals surface area contributed by atoms with Gasteiger partial charge in [0, 0.05) is 23.7 Å². The Bertz CT molecular complexity index is 407. The minimum atomic E-state index is 0.461. The number of nitrogens with zero attached hydrogens (tertiary/aromatic N) is 1. The van der Waals surface area contributed by atoms with Crippen molar-refractivity contribution in [2.75, 3.05) is 13.1 Å². The molecule has 1 aliphatic rings. The SMILES string of the molecule is CCC(c1cccc(Cl)c1)N1CC(CN)CCC1C. The predicted octanol–water partition coefficient (Wildman–Crippen LogP) is 3.85. The van der Waals surface area contributed by atoms with Gasteiger partial charge in [-0.3, -0.25) is 4.90 Å². The van der Waals surface area contributed by atoms with Gasteiger partial charge in [-0.2, -0.15) is 0 Å². The molecule has 2 nitrogen and oxygen atoms in total. The lowest BCUT2D eigenvalue weighted by Crippen LogP contribution is -2.45. The van der Waals surface area contributed by atoms with Crippen molar-refractivity contribution in [1.82, 2.24) is 4.90 Å². The molecule has 0 spiro atoms. The second-order valence-corrected chi connectivity index (χ2v) is 6.14. The van der Waals surface area contributed by atoms with Crippen LogP contribution in [0.1, 0.15) is 44.7 Å². The zero-order valence-corrected chi connectivity index (χ0v) is 12.7. The molecule has 0 bridgehead atoms. The maximum absolute atomic E-state index is 6.14. The van der Waals surface area contributed by atoms with Crippen LogP contribution in [0.25, 0.3) is 0 Å². The summed E-state index contributed by atoms with van der Waals surface area (Å²) < 4.78 is 0. The van der Waals surface area contributed by atoms with E-state index in [4.69, 9.17) is 17.3 Å². The number of piperidine rings is 1. The molecule has 2 N–H and O–H groups in total. The number of halogens is 1. The van der Waals surface area contributed by atoms with Gasteiger partial charge in [-0.05, 0) is 56.3 Å². The van der Waals surface area contributed by atoms with Crippen molar-refractivity contribution in [3.8, 4) is 0 Å². The minimum Gasteiger partial charge on any atom is -0.330 e. The highest BCUT2D eigenvalue weighted by Crippen LogP contribution is 2.33. The molecule has 0 amide bonds. The van der Waals surface area contributed by atoms with Crippen molar-refractivity contribution in [2.24, 2.45) is 11.7 Å². The van der Waals surface area contributed by atoms with Crippen LogP contribution in [0, 0.1) is 5.92 Å². The summed E-state index contributed by atoms with van der Waals surface area (Å²) in [5, 5.41) is 0.830. The Morgan fingerprint density at radius 2 is 2.21 bits per heavy atom. The van der Waals surface area contributed by atoms with Gasteiger partial charge in [-0.15, -0.1) is 0 Å². The van der Waals surface area contributed by atoms with Crippen LogP contribution in [-0.4, -0.2) is 24.0 Å². The van der Waals surface area contributed by atoms with Crippen molar-refractivity contribution in [3.63, 3.8) is 0 Å². The summed E-state index contributed by atoms with van der Waals surface area (Å²) in [7, 11) is 0. The molecule has 3 atom stereocenters. The molecule has 1 aromatic carbocycles. The Morgan fingerprint density at radius 1 is 1.42 bits per heavy atom. The van der Waals surface area contributed by atoms with Gasteiger partial charge in [-0.1, -0.05) is 30.7 Å². The van der Waals surface area contributed by atoms with Gasteiger partial charge in [0.05, 0.1) is 0 Å². The highest BCUT2D eigenvalue weighted by atomic mass is 35.5. The average Bonchev–Trinajstić information content (AvgIpc) is 2.42. The molecule has 106 valence electrons. The van der Waals surface area contributed by atoms with E-state index in [2.05, 4.69) is 36.9 Å². The second-order valence-electron chi connectivity index (χ2n) is 5.70. The Morgan fingerprint density at radius 3 is 2.84 bits per heavy atom. The molecule has 19 heavy (non-hydrogen) atoms. The summed E-state index contributed by atoms with van der Waals surface area (Å²) in [6.07, 6.45) is 3.63. The van der Waals surface area contributed by atoms with E-state index in [0.29, 0.717) is 18.0 Å². The molecule has 1 aliphatic heterocycles. The van der Waals surface area contributed by atoms with E-state index in [1.54, 1.807) is 0 Å². The van der Waals surface area contributed by atoms with E-state index in [1.165, 1.54) is 18.4 Å². The molecule has 3 heteroatoms. The van der Waals surface area contributed by atoms with Crippen LogP contribution < -0.4 is 5.73 Å². The largest absolute Gasteiger partial charge is 0.330 e. The highest BCUT2D eigenvalue weighted by molar-refractivity contribution is 6.30. The summed E-state index contributed by atoms with van der Waals surface area (Å²) in [4.78, 5) is 2.62. The lowest BCUT2D eigenvalue weighted by atomic mass is 9.90. The normalized spacial score (nSPS) is 26.3. The second kappa shape index (κ2) is 6.74. The van der Waals surface area contributed by atoms with Gasteiger partial charge in [0.2, 0.25) is 0 Å². The van der Waals surface area contributed by atoms with E-state index in [0.717, 1.165) is 24.5 Å².